The lowest BCUT2D eigenvalue weighted by atomic mass is 9.65. The van der Waals surface area contributed by atoms with E-state index in [0.29, 0.717) is 61.1 Å². The average molecular weight is 895 g/mol. The molecule has 66 heavy (non-hydrogen) atoms. The Balaban J connectivity index is 1.15. The quantitative estimate of drug-likeness (QED) is 0.123. The number of hydrogen-bond donors (Lipinski definition) is 1. The minimum absolute atomic E-state index is 0.00522. The van der Waals surface area contributed by atoms with Crippen LogP contribution in [0.25, 0.3) is 0 Å². The first-order valence-electron chi connectivity index (χ1n) is 22.2. The maximum absolute atomic E-state index is 16.2. The third kappa shape index (κ3) is 7.41. The number of esters is 1. The number of methoxy groups -OCH3 is 1. The number of morpholine rings is 1. The van der Waals surface area contributed by atoms with Crippen LogP contribution in [0.3, 0.4) is 0 Å². The second kappa shape index (κ2) is 18.2. The van der Waals surface area contributed by atoms with Crippen LogP contribution >= 0.6 is 0 Å². The number of carbonyl (C=O) groups excluding carboxylic acids is 4. The molecule has 5 aliphatic rings. The Hall–Kier alpha value is -6.78. The lowest BCUT2D eigenvalue weighted by molar-refractivity contribution is -0.179. The number of carbonyl (C=O) groups is 4. The number of para-hydroxylation sites is 1. The summed E-state index contributed by atoms with van der Waals surface area (Å²) in [5.74, 6) is -1.38. The third-order valence-corrected chi connectivity index (χ3v) is 13.4. The van der Waals surface area contributed by atoms with Gasteiger partial charge < -0.3 is 38.4 Å². The van der Waals surface area contributed by atoms with Crippen LogP contribution in [0.2, 0.25) is 0 Å². The maximum Gasteiger partial charge on any atom is 0.421 e. The van der Waals surface area contributed by atoms with E-state index in [1.54, 1.807) is 47.4 Å². The van der Waals surface area contributed by atoms with Crippen LogP contribution < -0.4 is 19.1 Å². The monoisotopic (exact) mass is 894 g/mol. The van der Waals surface area contributed by atoms with E-state index in [2.05, 4.69) is 4.90 Å². The van der Waals surface area contributed by atoms with Crippen molar-refractivity contribution in [3.63, 3.8) is 0 Å². The molecule has 3 amide bonds. The van der Waals surface area contributed by atoms with Crippen LogP contribution in [0, 0.1) is 5.92 Å². The summed E-state index contributed by atoms with van der Waals surface area (Å²) in [4.78, 5) is 69.0. The molecule has 15 heteroatoms. The highest BCUT2D eigenvalue weighted by molar-refractivity contribution is 6.23. The molecule has 0 radical (unpaired) electrons. The molecule has 1 spiro atoms. The second-order valence-electron chi connectivity index (χ2n) is 17.0. The zero-order valence-electron chi connectivity index (χ0n) is 36.4. The molecule has 10 rings (SSSR count). The van der Waals surface area contributed by atoms with Crippen LogP contribution in [0.5, 0.6) is 17.2 Å². The molecule has 3 fully saturated rings. The van der Waals surface area contributed by atoms with Crippen molar-refractivity contribution in [1.29, 1.82) is 0 Å². The first kappa shape index (κ1) is 43.1. The number of hydrogen-bond acceptors (Lipinski definition) is 13. The highest BCUT2D eigenvalue weighted by Crippen LogP contribution is 2.66. The van der Waals surface area contributed by atoms with Gasteiger partial charge in [0.1, 0.15) is 36.5 Å². The van der Waals surface area contributed by atoms with Gasteiger partial charge in [-0.25, -0.2) is 9.69 Å². The Morgan fingerprint density at radius 1 is 0.742 bits per heavy atom. The molecule has 5 aromatic carbocycles. The van der Waals surface area contributed by atoms with Gasteiger partial charge in [0.05, 0.1) is 36.9 Å². The lowest BCUT2D eigenvalue weighted by Crippen LogP contribution is -2.59. The zero-order chi connectivity index (χ0) is 45.4. The molecule has 5 aromatic rings. The van der Waals surface area contributed by atoms with Crippen molar-refractivity contribution in [3.8, 4) is 17.2 Å². The molecule has 0 aromatic heterocycles. The van der Waals surface area contributed by atoms with Crippen LogP contribution in [0.1, 0.15) is 46.0 Å². The van der Waals surface area contributed by atoms with Gasteiger partial charge in [0.25, 0.3) is 0 Å². The van der Waals surface area contributed by atoms with E-state index in [4.69, 9.17) is 28.4 Å². The van der Waals surface area contributed by atoms with Crippen molar-refractivity contribution in [2.45, 2.75) is 36.2 Å². The number of piperazine rings is 1. The molecule has 15 nitrogen and oxygen atoms in total. The molecule has 1 N–H and O–H groups in total. The summed E-state index contributed by atoms with van der Waals surface area (Å²) in [6.45, 7) is 2.15. The van der Waals surface area contributed by atoms with Gasteiger partial charge in [-0.1, -0.05) is 97.1 Å². The van der Waals surface area contributed by atoms with Crippen molar-refractivity contribution in [2.75, 3.05) is 71.4 Å². The van der Waals surface area contributed by atoms with Crippen molar-refractivity contribution in [3.05, 3.63) is 155 Å². The lowest BCUT2D eigenvalue weighted by Gasteiger charge is -2.46. The number of imide groups is 1. The minimum atomic E-state index is -1.91. The fraction of sp³-hybridized carbons (Fsp3) is 0.333. The first-order chi connectivity index (χ1) is 32.3. The largest absolute Gasteiger partial charge is 0.491 e. The number of aliphatic hydroxyl groups is 1. The average Bonchev–Trinajstić information content (AvgIpc) is 4.03. The molecule has 340 valence electrons. The first-order valence-corrected chi connectivity index (χ1v) is 22.2. The van der Waals surface area contributed by atoms with E-state index in [9.17, 15) is 9.90 Å². The van der Waals surface area contributed by atoms with Crippen molar-refractivity contribution >= 4 is 29.6 Å². The molecule has 0 bridgehead atoms. The summed E-state index contributed by atoms with van der Waals surface area (Å²) in [5, 5.41) is 9.76. The van der Waals surface area contributed by atoms with Crippen molar-refractivity contribution < 1.29 is 52.7 Å². The predicted octanol–water partition coefficient (Wildman–Crippen LogP) is 5.58. The summed E-state index contributed by atoms with van der Waals surface area (Å²) in [6, 6.07) is 36.0. The molecule has 3 saturated heterocycles. The molecule has 0 saturated carbocycles. The highest BCUT2D eigenvalue weighted by Gasteiger charge is 2.76. The maximum atomic E-state index is 16.2. The van der Waals surface area contributed by atoms with Gasteiger partial charge in [-0.3, -0.25) is 24.2 Å². The Kier molecular flexibility index (Phi) is 11.9. The summed E-state index contributed by atoms with van der Waals surface area (Å²) in [7, 11) is 1.48. The molecule has 0 aliphatic carbocycles. The van der Waals surface area contributed by atoms with E-state index in [1.165, 1.54) is 7.11 Å². The normalized spacial score (nSPS) is 24.5. The van der Waals surface area contributed by atoms with E-state index in [-0.39, 0.29) is 38.9 Å². The number of benzene rings is 5. The Morgan fingerprint density at radius 2 is 1.45 bits per heavy atom. The molecular formula is C51H50N4O11. The fourth-order valence-electron chi connectivity index (χ4n) is 10.7. The number of fused-ring (bicyclic) bond motifs is 4. The van der Waals surface area contributed by atoms with Crippen LogP contribution in [-0.2, 0) is 40.6 Å². The standard InChI is InChI=1S/C51H50N4O11/c1-61-27-28-63-50(60)54-39-18-9-8-17-38(39)51(49(54)59)42(47(57)53-23-21-52(22-24-53)31-33-19-20-40-41(29-33)65-32-64-40)44-48(58)66-45(35-13-6-3-7-14-35)43(34-11-4-2-5-12-34)55(44)46(51)36-15-10-16-37(30-36)62-26-25-56/h2-20,29-30,42-46,56H,21-28,31-32H2,1H3. The van der Waals surface area contributed by atoms with E-state index in [0.717, 1.165) is 21.6 Å². The molecule has 5 aliphatic heterocycles. The van der Waals surface area contributed by atoms with E-state index < -0.39 is 59.4 Å². The number of aliphatic hydroxyl groups excluding tert-OH is 1. The molecule has 6 unspecified atom stereocenters. The smallest absolute Gasteiger partial charge is 0.421 e. The topological polar surface area (TPSA) is 157 Å². The SMILES string of the molecule is COCCOC(=O)N1C(=O)C2(c3ccccc31)C(C(=O)N1CCN(Cc3ccc4c(c3)OCO4)CC1)C1C(=O)OC(c3ccccc3)C(c3ccccc3)N1C2c1cccc(OCCO)c1. The zero-order valence-corrected chi connectivity index (χ0v) is 36.4. The van der Waals surface area contributed by atoms with Gasteiger partial charge in [-0.15, -0.1) is 0 Å². The summed E-state index contributed by atoms with van der Waals surface area (Å²) < 4.78 is 34.6. The number of cyclic esters (lactones) is 1. The van der Waals surface area contributed by atoms with E-state index in [1.807, 2.05) is 89.8 Å². The van der Waals surface area contributed by atoms with Crippen molar-refractivity contribution in [1.82, 2.24) is 14.7 Å². The van der Waals surface area contributed by atoms with Crippen LogP contribution in [0.4, 0.5) is 10.5 Å². The van der Waals surface area contributed by atoms with Crippen LogP contribution in [-0.4, -0.2) is 116 Å². The summed E-state index contributed by atoms with van der Waals surface area (Å²) in [6.07, 6.45) is -1.81. The van der Waals surface area contributed by atoms with Crippen LogP contribution in [0.15, 0.2) is 127 Å². The van der Waals surface area contributed by atoms with Crippen molar-refractivity contribution in [2.24, 2.45) is 5.92 Å². The number of nitrogens with zero attached hydrogens (tertiary/aromatic N) is 4. The second-order valence-corrected chi connectivity index (χ2v) is 17.0. The Morgan fingerprint density at radius 3 is 2.21 bits per heavy atom. The predicted molar refractivity (Wildman–Crippen MR) is 239 cm³/mol. The Bertz CT molecular complexity index is 2610. The number of amides is 3. The number of rotatable bonds is 12. The van der Waals surface area contributed by atoms with Gasteiger partial charge in [-0.05, 0) is 58.1 Å². The van der Waals surface area contributed by atoms with Gasteiger partial charge in [0.15, 0.2) is 11.5 Å². The van der Waals surface area contributed by atoms with Gasteiger partial charge >= 0.3 is 12.1 Å². The number of anilines is 1. The van der Waals surface area contributed by atoms with Gasteiger partial charge in [-0.2, -0.15) is 0 Å². The summed E-state index contributed by atoms with van der Waals surface area (Å²) >= 11 is 0. The Labute approximate surface area is 381 Å². The van der Waals surface area contributed by atoms with Gasteiger partial charge in [0.2, 0.25) is 18.6 Å². The highest BCUT2D eigenvalue weighted by atomic mass is 16.7. The molecule has 6 atom stereocenters. The third-order valence-electron chi connectivity index (χ3n) is 13.4. The molecule has 5 heterocycles. The van der Waals surface area contributed by atoms with Gasteiger partial charge in [0, 0.05) is 39.8 Å². The van der Waals surface area contributed by atoms with E-state index >= 15 is 14.4 Å². The minimum Gasteiger partial charge on any atom is -0.491 e. The number of ether oxygens (including phenoxy) is 6. The summed E-state index contributed by atoms with van der Waals surface area (Å²) in [5.41, 5.74) is 1.84. The fourth-order valence-corrected chi connectivity index (χ4v) is 10.7. The molecular weight excluding hydrogens is 845 g/mol.